The maximum Gasteiger partial charge on any atom is 0.225 e. The van der Waals surface area contributed by atoms with Crippen molar-refractivity contribution in [2.24, 2.45) is 0 Å². The monoisotopic (exact) mass is 220 g/mol. The van der Waals surface area contributed by atoms with Gasteiger partial charge in [0, 0.05) is 31.5 Å². The van der Waals surface area contributed by atoms with Gasteiger partial charge in [0.15, 0.2) is 6.29 Å². The molecule has 0 amide bonds. The lowest BCUT2D eigenvalue weighted by Crippen LogP contribution is -2.32. The molecule has 86 valence electrons. The third-order valence-corrected chi connectivity index (χ3v) is 2.97. The van der Waals surface area contributed by atoms with E-state index >= 15 is 0 Å². The summed E-state index contributed by atoms with van der Waals surface area (Å²) in [5.74, 6) is 0.718. The summed E-state index contributed by atoms with van der Waals surface area (Å²) in [6.07, 6.45) is 5.03. The number of rotatable bonds is 3. The fraction of sp³-hybridized carbons (Fsp3) is 0.545. The molecule has 2 rings (SSSR count). The number of hydrogen-bond acceptors (Lipinski definition) is 5. The van der Waals surface area contributed by atoms with Crippen molar-refractivity contribution in [1.82, 2.24) is 14.9 Å². The number of carbonyl (C=O) groups excluding carboxylic acids is 1. The third kappa shape index (κ3) is 2.19. The molecule has 1 aliphatic rings. The quantitative estimate of drug-likeness (QED) is 0.691. The molecule has 1 fully saturated rings. The molecule has 1 saturated heterocycles. The average molecular weight is 220 g/mol. The highest BCUT2D eigenvalue weighted by atomic mass is 16.1. The largest absolute Gasteiger partial charge is 0.339 e. The van der Waals surface area contributed by atoms with E-state index in [1.807, 2.05) is 0 Å². The van der Waals surface area contributed by atoms with E-state index in [4.69, 9.17) is 0 Å². The summed E-state index contributed by atoms with van der Waals surface area (Å²) in [6, 6.07) is 0.564. The first-order valence-electron chi connectivity index (χ1n) is 5.39. The average Bonchev–Trinajstić information content (AvgIpc) is 2.78. The van der Waals surface area contributed by atoms with Crippen LogP contribution in [0.3, 0.4) is 0 Å². The molecular formula is C11H16N4O. The van der Waals surface area contributed by atoms with Crippen molar-refractivity contribution in [2.45, 2.75) is 12.5 Å². The van der Waals surface area contributed by atoms with E-state index in [2.05, 4.69) is 33.9 Å². The van der Waals surface area contributed by atoms with Crippen LogP contribution in [0.2, 0.25) is 0 Å². The maximum absolute atomic E-state index is 10.5. The number of likely N-dealkylation sites (N-methyl/N-ethyl adjacent to an activating group) is 1. The molecule has 0 bridgehead atoms. The smallest absolute Gasteiger partial charge is 0.225 e. The first kappa shape index (κ1) is 11.0. The van der Waals surface area contributed by atoms with Gasteiger partial charge >= 0.3 is 0 Å². The third-order valence-electron chi connectivity index (χ3n) is 2.97. The van der Waals surface area contributed by atoms with E-state index in [1.54, 1.807) is 12.4 Å². The second-order valence-corrected chi connectivity index (χ2v) is 4.29. The van der Waals surface area contributed by atoms with Gasteiger partial charge < -0.3 is 9.80 Å². The van der Waals surface area contributed by atoms with Gasteiger partial charge in [-0.3, -0.25) is 4.79 Å². The fourth-order valence-electron chi connectivity index (χ4n) is 1.90. The summed E-state index contributed by atoms with van der Waals surface area (Å²) in [6.45, 7) is 1.93. The zero-order chi connectivity index (χ0) is 11.5. The number of aldehydes is 1. The van der Waals surface area contributed by atoms with Crippen LogP contribution in [0.1, 0.15) is 16.8 Å². The molecule has 5 nitrogen and oxygen atoms in total. The predicted molar refractivity (Wildman–Crippen MR) is 61.7 cm³/mol. The minimum atomic E-state index is 0.520. The van der Waals surface area contributed by atoms with Gasteiger partial charge in [-0.15, -0.1) is 0 Å². The molecule has 5 heteroatoms. The Bertz CT molecular complexity index is 363. The van der Waals surface area contributed by atoms with Crippen LogP contribution < -0.4 is 4.90 Å². The Balaban J connectivity index is 2.05. The lowest BCUT2D eigenvalue weighted by Gasteiger charge is -2.20. The normalized spacial score (nSPS) is 20.4. The van der Waals surface area contributed by atoms with Crippen LogP contribution in [0.15, 0.2) is 12.4 Å². The summed E-state index contributed by atoms with van der Waals surface area (Å²) in [5.41, 5.74) is 0.520. The number of carbonyl (C=O) groups is 1. The lowest BCUT2D eigenvalue weighted by atomic mass is 10.2. The molecule has 0 saturated carbocycles. The van der Waals surface area contributed by atoms with E-state index in [1.165, 1.54) is 0 Å². The zero-order valence-corrected chi connectivity index (χ0v) is 9.63. The van der Waals surface area contributed by atoms with Crippen LogP contribution in [-0.4, -0.2) is 54.4 Å². The van der Waals surface area contributed by atoms with Crippen molar-refractivity contribution in [2.75, 3.05) is 32.1 Å². The topological polar surface area (TPSA) is 49.3 Å². The van der Waals surface area contributed by atoms with Crippen molar-refractivity contribution in [3.8, 4) is 0 Å². The van der Waals surface area contributed by atoms with Gasteiger partial charge in [-0.2, -0.15) is 0 Å². The first-order chi connectivity index (χ1) is 7.70. The van der Waals surface area contributed by atoms with E-state index in [9.17, 15) is 4.79 Å². The molecule has 16 heavy (non-hydrogen) atoms. The van der Waals surface area contributed by atoms with Gasteiger partial charge in [0.2, 0.25) is 5.95 Å². The highest BCUT2D eigenvalue weighted by Crippen LogP contribution is 2.17. The molecule has 2 heterocycles. The fourth-order valence-corrected chi connectivity index (χ4v) is 1.90. The van der Waals surface area contributed by atoms with Crippen LogP contribution in [0, 0.1) is 0 Å². The molecule has 1 aromatic rings. The number of anilines is 1. The van der Waals surface area contributed by atoms with Gasteiger partial charge in [-0.05, 0) is 20.5 Å². The second-order valence-electron chi connectivity index (χ2n) is 4.29. The SMILES string of the molecule is CN(C)C1CCN(c2ncc(C=O)cn2)C1. The lowest BCUT2D eigenvalue weighted by molar-refractivity contribution is 0.112. The van der Waals surface area contributed by atoms with Gasteiger partial charge in [0.05, 0.1) is 5.56 Å². The summed E-state index contributed by atoms with van der Waals surface area (Å²) in [7, 11) is 4.18. The molecular weight excluding hydrogens is 204 g/mol. The van der Waals surface area contributed by atoms with Crippen LogP contribution >= 0.6 is 0 Å². The zero-order valence-electron chi connectivity index (χ0n) is 9.63. The molecule has 0 radical (unpaired) electrons. The van der Waals surface area contributed by atoms with Crippen molar-refractivity contribution in [3.63, 3.8) is 0 Å². The Hall–Kier alpha value is -1.49. The van der Waals surface area contributed by atoms with Gasteiger partial charge in [0.1, 0.15) is 0 Å². The number of aromatic nitrogens is 2. The highest BCUT2D eigenvalue weighted by molar-refractivity contribution is 5.73. The maximum atomic E-state index is 10.5. The van der Waals surface area contributed by atoms with E-state index < -0.39 is 0 Å². The van der Waals surface area contributed by atoms with E-state index in [-0.39, 0.29) is 0 Å². The Morgan fingerprint density at radius 1 is 1.44 bits per heavy atom. The highest BCUT2D eigenvalue weighted by Gasteiger charge is 2.25. The Labute approximate surface area is 95.1 Å². The Morgan fingerprint density at radius 2 is 2.12 bits per heavy atom. The summed E-state index contributed by atoms with van der Waals surface area (Å²) in [5, 5.41) is 0. The predicted octanol–water partition coefficient (Wildman–Crippen LogP) is 0.429. The summed E-state index contributed by atoms with van der Waals surface area (Å²) in [4.78, 5) is 23.2. The second kappa shape index (κ2) is 4.57. The Morgan fingerprint density at radius 3 is 2.62 bits per heavy atom. The molecule has 0 spiro atoms. The van der Waals surface area contributed by atoms with Gasteiger partial charge in [0.25, 0.3) is 0 Å². The molecule has 1 aliphatic heterocycles. The van der Waals surface area contributed by atoms with Gasteiger partial charge in [-0.25, -0.2) is 9.97 Å². The van der Waals surface area contributed by atoms with Crippen LogP contribution in [0.4, 0.5) is 5.95 Å². The Kier molecular flexibility index (Phi) is 3.14. The summed E-state index contributed by atoms with van der Waals surface area (Å²) < 4.78 is 0. The minimum absolute atomic E-state index is 0.520. The van der Waals surface area contributed by atoms with Crippen molar-refractivity contribution in [1.29, 1.82) is 0 Å². The van der Waals surface area contributed by atoms with Crippen LogP contribution in [-0.2, 0) is 0 Å². The number of hydrogen-bond donors (Lipinski definition) is 0. The number of nitrogens with zero attached hydrogens (tertiary/aromatic N) is 4. The van der Waals surface area contributed by atoms with Crippen LogP contribution in [0.5, 0.6) is 0 Å². The minimum Gasteiger partial charge on any atom is -0.339 e. The van der Waals surface area contributed by atoms with Crippen LogP contribution in [0.25, 0.3) is 0 Å². The van der Waals surface area contributed by atoms with Crippen molar-refractivity contribution < 1.29 is 4.79 Å². The molecule has 1 atom stereocenters. The molecule has 0 N–H and O–H groups in total. The van der Waals surface area contributed by atoms with Crippen molar-refractivity contribution >= 4 is 12.2 Å². The van der Waals surface area contributed by atoms with E-state index in [0.717, 1.165) is 31.7 Å². The van der Waals surface area contributed by atoms with Gasteiger partial charge in [-0.1, -0.05) is 0 Å². The standard InChI is InChI=1S/C11H16N4O/c1-14(2)10-3-4-15(7-10)11-12-5-9(8-16)6-13-11/h5-6,8,10H,3-4,7H2,1-2H3. The first-order valence-corrected chi connectivity index (χ1v) is 5.39. The van der Waals surface area contributed by atoms with E-state index in [0.29, 0.717) is 11.6 Å². The van der Waals surface area contributed by atoms with Crippen molar-refractivity contribution in [3.05, 3.63) is 18.0 Å². The molecule has 1 unspecified atom stereocenters. The molecule has 1 aromatic heterocycles. The summed E-state index contributed by atoms with van der Waals surface area (Å²) >= 11 is 0. The molecule has 0 aliphatic carbocycles. The molecule has 0 aromatic carbocycles.